The summed E-state index contributed by atoms with van der Waals surface area (Å²) in [5, 5.41) is 2.30. The largest absolute Gasteiger partial charge is 0.397 e. The first kappa shape index (κ1) is 13.2. The Balaban J connectivity index is 2.56. The van der Waals surface area contributed by atoms with Crippen molar-refractivity contribution in [3.63, 3.8) is 0 Å². The standard InChI is InChI=1S/C13H10F4N2/c1-6-3-2-4-9(18)12(6)19-13-10(16)7(14)5-8(15)11(13)17/h2-5,19H,18H2,1H3. The van der Waals surface area contributed by atoms with Crippen molar-refractivity contribution in [3.8, 4) is 0 Å². The summed E-state index contributed by atoms with van der Waals surface area (Å²) in [6.45, 7) is 1.64. The number of nitrogens with one attached hydrogen (secondary N) is 1. The van der Waals surface area contributed by atoms with Crippen molar-refractivity contribution in [1.29, 1.82) is 0 Å². The van der Waals surface area contributed by atoms with Crippen LogP contribution in [0.2, 0.25) is 0 Å². The third kappa shape index (κ3) is 2.33. The lowest BCUT2D eigenvalue weighted by Crippen LogP contribution is -2.05. The maximum atomic E-state index is 13.5. The third-order valence-electron chi connectivity index (χ3n) is 2.67. The number of nitrogen functional groups attached to an aromatic ring is 1. The zero-order valence-corrected chi connectivity index (χ0v) is 9.90. The van der Waals surface area contributed by atoms with Gasteiger partial charge in [-0.15, -0.1) is 0 Å². The predicted octanol–water partition coefficient (Wildman–Crippen LogP) is 3.88. The maximum Gasteiger partial charge on any atom is 0.185 e. The van der Waals surface area contributed by atoms with Crippen LogP contribution in [0.3, 0.4) is 0 Å². The van der Waals surface area contributed by atoms with Gasteiger partial charge in [-0.25, -0.2) is 17.6 Å². The van der Waals surface area contributed by atoms with Gasteiger partial charge in [0.25, 0.3) is 0 Å². The molecule has 0 saturated carbocycles. The molecule has 0 unspecified atom stereocenters. The van der Waals surface area contributed by atoms with E-state index in [0.717, 1.165) is 0 Å². The highest BCUT2D eigenvalue weighted by Crippen LogP contribution is 2.31. The van der Waals surface area contributed by atoms with Crippen LogP contribution in [0.15, 0.2) is 24.3 Å². The molecule has 2 nitrogen and oxygen atoms in total. The van der Waals surface area contributed by atoms with Gasteiger partial charge in [-0.3, -0.25) is 0 Å². The Kier molecular flexibility index (Phi) is 3.33. The van der Waals surface area contributed by atoms with Crippen molar-refractivity contribution in [3.05, 3.63) is 53.1 Å². The van der Waals surface area contributed by atoms with Crippen molar-refractivity contribution in [2.75, 3.05) is 11.1 Å². The van der Waals surface area contributed by atoms with Crippen molar-refractivity contribution >= 4 is 17.1 Å². The zero-order chi connectivity index (χ0) is 14.2. The van der Waals surface area contributed by atoms with Crippen LogP contribution in [0.1, 0.15) is 5.56 Å². The van der Waals surface area contributed by atoms with E-state index in [1.54, 1.807) is 19.1 Å². The van der Waals surface area contributed by atoms with E-state index >= 15 is 0 Å². The molecule has 0 atom stereocenters. The molecule has 2 aromatic rings. The second-order valence-corrected chi connectivity index (χ2v) is 4.01. The fourth-order valence-electron chi connectivity index (χ4n) is 1.67. The molecule has 19 heavy (non-hydrogen) atoms. The molecule has 0 amide bonds. The molecule has 0 saturated heterocycles. The summed E-state index contributed by atoms with van der Waals surface area (Å²) in [6, 6.07) is 4.94. The van der Waals surface area contributed by atoms with Gasteiger partial charge in [-0.1, -0.05) is 12.1 Å². The number of nitrogens with two attached hydrogens (primary N) is 1. The van der Waals surface area contributed by atoms with Crippen LogP contribution in [-0.2, 0) is 0 Å². The number of aryl methyl sites for hydroxylation is 1. The molecule has 0 aliphatic rings. The first-order valence-corrected chi connectivity index (χ1v) is 5.37. The number of hydrogen-bond donors (Lipinski definition) is 2. The molecule has 3 N–H and O–H groups in total. The fourth-order valence-corrected chi connectivity index (χ4v) is 1.67. The van der Waals surface area contributed by atoms with E-state index in [1.165, 1.54) is 6.07 Å². The van der Waals surface area contributed by atoms with Gasteiger partial charge in [-0.2, -0.15) is 0 Å². The van der Waals surface area contributed by atoms with Gasteiger partial charge in [0, 0.05) is 6.07 Å². The topological polar surface area (TPSA) is 38.0 Å². The Morgan fingerprint density at radius 2 is 1.53 bits per heavy atom. The molecule has 0 fully saturated rings. The van der Waals surface area contributed by atoms with E-state index in [2.05, 4.69) is 5.32 Å². The summed E-state index contributed by atoms with van der Waals surface area (Å²) >= 11 is 0. The molecule has 0 aliphatic heterocycles. The number of para-hydroxylation sites is 1. The molecule has 6 heteroatoms. The van der Waals surface area contributed by atoms with E-state index in [9.17, 15) is 17.6 Å². The second-order valence-electron chi connectivity index (χ2n) is 4.01. The Labute approximate surface area is 106 Å². The average molecular weight is 270 g/mol. The van der Waals surface area contributed by atoms with Crippen LogP contribution >= 0.6 is 0 Å². The quantitative estimate of drug-likeness (QED) is 0.494. The van der Waals surface area contributed by atoms with Gasteiger partial charge in [0.05, 0.1) is 11.4 Å². The minimum absolute atomic E-state index is 0.150. The first-order chi connectivity index (χ1) is 8.91. The van der Waals surface area contributed by atoms with E-state index in [4.69, 9.17) is 5.73 Å². The van der Waals surface area contributed by atoms with Gasteiger partial charge in [0.15, 0.2) is 23.3 Å². The minimum atomic E-state index is -1.50. The first-order valence-electron chi connectivity index (χ1n) is 5.37. The molecule has 2 rings (SSSR count). The number of anilines is 3. The van der Waals surface area contributed by atoms with E-state index in [-0.39, 0.29) is 17.4 Å². The lowest BCUT2D eigenvalue weighted by molar-refractivity contribution is 0.459. The van der Waals surface area contributed by atoms with Gasteiger partial charge in [-0.05, 0) is 18.6 Å². The molecule has 0 aromatic heterocycles. The smallest absolute Gasteiger partial charge is 0.185 e. The summed E-state index contributed by atoms with van der Waals surface area (Å²) in [5.74, 6) is -5.95. The zero-order valence-electron chi connectivity index (χ0n) is 9.90. The minimum Gasteiger partial charge on any atom is -0.397 e. The normalized spacial score (nSPS) is 10.6. The van der Waals surface area contributed by atoms with Crippen LogP contribution in [0.25, 0.3) is 0 Å². The third-order valence-corrected chi connectivity index (χ3v) is 2.67. The molecule has 100 valence electrons. The number of rotatable bonds is 2. The number of hydrogen-bond acceptors (Lipinski definition) is 2. The monoisotopic (exact) mass is 270 g/mol. The SMILES string of the molecule is Cc1cccc(N)c1Nc1c(F)c(F)cc(F)c1F. The Morgan fingerprint density at radius 1 is 0.947 bits per heavy atom. The highest BCUT2D eigenvalue weighted by molar-refractivity contribution is 5.76. The van der Waals surface area contributed by atoms with Crippen molar-refractivity contribution < 1.29 is 17.6 Å². The molecule has 0 radical (unpaired) electrons. The van der Waals surface area contributed by atoms with Crippen LogP contribution in [0.4, 0.5) is 34.6 Å². The molecule has 0 spiro atoms. The summed E-state index contributed by atoms with van der Waals surface area (Å²) in [6.07, 6.45) is 0. The summed E-state index contributed by atoms with van der Waals surface area (Å²) in [5.41, 5.74) is 5.74. The Morgan fingerprint density at radius 3 is 2.05 bits per heavy atom. The number of benzene rings is 2. The van der Waals surface area contributed by atoms with Crippen LogP contribution in [0.5, 0.6) is 0 Å². The average Bonchev–Trinajstić information content (AvgIpc) is 2.35. The van der Waals surface area contributed by atoms with Crippen LogP contribution < -0.4 is 11.1 Å². The van der Waals surface area contributed by atoms with Crippen LogP contribution in [0, 0.1) is 30.2 Å². The van der Waals surface area contributed by atoms with E-state index in [0.29, 0.717) is 5.56 Å². The van der Waals surface area contributed by atoms with Crippen molar-refractivity contribution in [1.82, 2.24) is 0 Å². The molecule has 0 aliphatic carbocycles. The van der Waals surface area contributed by atoms with Gasteiger partial charge < -0.3 is 11.1 Å². The summed E-state index contributed by atoms with van der Waals surface area (Å²) < 4.78 is 53.2. The van der Waals surface area contributed by atoms with Crippen molar-refractivity contribution in [2.45, 2.75) is 6.92 Å². The fraction of sp³-hybridized carbons (Fsp3) is 0.0769. The summed E-state index contributed by atoms with van der Waals surface area (Å²) in [4.78, 5) is 0. The Hall–Kier alpha value is -2.24. The van der Waals surface area contributed by atoms with Crippen LogP contribution in [-0.4, -0.2) is 0 Å². The van der Waals surface area contributed by atoms with Gasteiger partial charge in [0.2, 0.25) is 0 Å². The van der Waals surface area contributed by atoms with E-state index in [1.807, 2.05) is 0 Å². The highest BCUT2D eigenvalue weighted by atomic mass is 19.2. The second kappa shape index (κ2) is 4.79. The molecule has 0 heterocycles. The molecular weight excluding hydrogens is 260 g/mol. The highest BCUT2D eigenvalue weighted by Gasteiger charge is 2.20. The molecular formula is C13H10F4N2. The lowest BCUT2D eigenvalue weighted by Gasteiger charge is -2.14. The van der Waals surface area contributed by atoms with Gasteiger partial charge in [0.1, 0.15) is 5.69 Å². The Bertz CT molecular complexity index is 595. The van der Waals surface area contributed by atoms with Gasteiger partial charge >= 0.3 is 0 Å². The number of halogens is 4. The predicted molar refractivity (Wildman–Crippen MR) is 65.1 cm³/mol. The molecule has 0 bridgehead atoms. The lowest BCUT2D eigenvalue weighted by atomic mass is 10.1. The van der Waals surface area contributed by atoms with E-state index < -0.39 is 29.0 Å². The molecule has 2 aromatic carbocycles. The summed E-state index contributed by atoms with van der Waals surface area (Å²) in [7, 11) is 0. The maximum absolute atomic E-state index is 13.5. The van der Waals surface area contributed by atoms with Crippen molar-refractivity contribution in [2.24, 2.45) is 0 Å².